The molecule has 0 aliphatic heterocycles. The van der Waals surface area contributed by atoms with Gasteiger partial charge in [0, 0.05) is 32.7 Å². The van der Waals surface area contributed by atoms with E-state index in [1.54, 1.807) is 4.90 Å². The smallest absolute Gasteiger partial charge is 0.317 e. The van der Waals surface area contributed by atoms with Crippen LogP contribution in [0, 0.1) is 0 Å². The summed E-state index contributed by atoms with van der Waals surface area (Å²) in [4.78, 5) is 13.2. The molecule has 0 bridgehead atoms. The fraction of sp³-hybridized carbons (Fsp3) is 0.909. The summed E-state index contributed by atoms with van der Waals surface area (Å²) < 4.78 is 0. The third-order valence-corrected chi connectivity index (χ3v) is 2.15. The summed E-state index contributed by atoms with van der Waals surface area (Å²) in [6.07, 6.45) is 2.16. The second kappa shape index (κ2) is 8.53. The van der Waals surface area contributed by atoms with Crippen molar-refractivity contribution >= 4 is 6.03 Å². The summed E-state index contributed by atoms with van der Waals surface area (Å²) in [5.74, 6) is 0. The van der Waals surface area contributed by atoms with Gasteiger partial charge in [0.05, 0.1) is 0 Å². The van der Waals surface area contributed by atoms with Crippen LogP contribution in [-0.2, 0) is 0 Å². The van der Waals surface area contributed by atoms with Crippen molar-refractivity contribution in [1.29, 1.82) is 0 Å². The molecule has 0 aromatic rings. The minimum absolute atomic E-state index is 0.0222. The predicted molar refractivity (Wildman–Crippen MR) is 64.1 cm³/mol. The lowest BCUT2D eigenvalue weighted by Crippen LogP contribution is -2.41. The molecule has 0 rings (SSSR count). The number of urea groups is 1. The zero-order valence-electron chi connectivity index (χ0n) is 10.5. The molecule has 0 spiro atoms. The maximum Gasteiger partial charge on any atom is 0.317 e. The molecule has 0 aromatic heterocycles. The lowest BCUT2D eigenvalue weighted by molar-refractivity contribution is 0.208. The van der Waals surface area contributed by atoms with Crippen molar-refractivity contribution in [3.05, 3.63) is 0 Å². The van der Waals surface area contributed by atoms with Crippen LogP contribution in [0.3, 0.4) is 0 Å². The van der Waals surface area contributed by atoms with Gasteiger partial charge in [-0.1, -0.05) is 27.2 Å². The van der Waals surface area contributed by atoms with Crippen LogP contribution in [0.1, 0.15) is 33.6 Å². The van der Waals surface area contributed by atoms with Gasteiger partial charge >= 0.3 is 6.03 Å². The minimum atomic E-state index is 0.0222. The molecule has 2 amide bonds. The van der Waals surface area contributed by atoms with E-state index in [1.165, 1.54) is 0 Å². The van der Waals surface area contributed by atoms with Crippen LogP contribution in [0.4, 0.5) is 4.79 Å². The Balaban J connectivity index is 3.51. The van der Waals surface area contributed by atoms with E-state index in [2.05, 4.69) is 31.4 Å². The molecule has 90 valence electrons. The molecule has 0 unspecified atom stereocenters. The summed E-state index contributed by atoms with van der Waals surface area (Å²) in [6.45, 7) is 8.67. The first kappa shape index (κ1) is 14.2. The molecule has 4 nitrogen and oxygen atoms in total. The average Bonchev–Trinajstić information content (AvgIpc) is 2.17. The summed E-state index contributed by atoms with van der Waals surface area (Å²) in [5, 5.41) is 6.16. The maximum absolute atomic E-state index is 11.5. The van der Waals surface area contributed by atoms with Crippen molar-refractivity contribution in [2.24, 2.45) is 0 Å². The van der Waals surface area contributed by atoms with Gasteiger partial charge in [-0.25, -0.2) is 4.79 Å². The fourth-order valence-electron chi connectivity index (χ4n) is 1.13. The standard InChI is InChI=1S/C11H25N3O/c1-5-6-7-13-11(15)14(4)9-8-12-10(2)3/h10,12H,5-9H2,1-4H3,(H,13,15). The molecule has 0 aliphatic carbocycles. The van der Waals surface area contributed by atoms with Crippen LogP contribution in [0.2, 0.25) is 0 Å². The number of rotatable bonds is 7. The second-order valence-electron chi connectivity index (χ2n) is 4.12. The summed E-state index contributed by atoms with van der Waals surface area (Å²) >= 11 is 0. The highest BCUT2D eigenvalue weighted by Crippen LogP contribution is 1.87. The summed E-state index contributed by atoms with van der Waals surface area (Å²) in [6, 6.07) is 0.496. The molecule has 0 fully saturated rings. The third-order valence-electron chi connectivity index (χ3n) is 2.15. The molecule has 0 heterocycles. The van der Waals surface area contributed by atoms with E-state index in [9.17, 15) is 4.79 Å². The van der Waals surface area contributed by atoms with Crippen molar-refractivity contribution in [2.45, 2.75) is 39.7 Å². The summed E-state index contributed by atoms with van der Waals surface area (Å²) in [5.41, 5.74) is 0. The van der Waals surface area contributed by atoms with E-state index in [0.717, 1.165) is 32.5 Å². The van der Waals surface area contributed by atoms with Crippen LogP contribution in [0.25, 0.3) is 0 Å². The van der Waals surface area contributed by atoms with Crippen LogP contribution in [0.5, 0.6) is 0 Å². The van der Waals surface area contributed by atoms with E-state index < -0.39 is 0 Å². The van der Waals surface area contributed by atoms with Crippen molar-refractivity contribution in [1.82, 2.24) is 15.5 Å². The SMILES string of the molecule is CCCCNC(=O)N(C)CCNC(C)C. The van der Waals surface area contributed by atoms with E-state index >= 15 is 0 Å². The van der Waals surface area contributed by atoms with Crippen molar-refractivity contribution < 1.29 is 4.79 Å². The molecule has 15 heavy (non-hydrogen) atoms. The lowest BCUT2D eigenvalue weighted by atomic mass is 10.3. The van der Waals surface area contributed by atoms with Gasteiger partial charge in [0.15, 0.2) is 0 Å². The van der Waals surface area contributed by atoms with Crippen LogP contribution in [-0.4, -0.2) is 43.7 Å². The van der Waals surface area contributed by atoms with Gasteiger partial charge in [-0.05, 0) is 6.42 Å². The van der Waals surface area contributed by atoms with Crippen molar-refractivity contribution in [3.8, 4) is 0 Å². The molecule has 0 aliphatic rings. The Bertz CT molecular complexity index is 171. The Hall–Kier alpha value is -0.770. The Kier molecular flexibility index (Phi) is 8.09. The topological polar surface area (TPSA) is 44.4 Å². The quantitative estimate of drug-likeness (QED) is 0.631. The highest BCUT2D eigenvalue weighted by atomic mass is 16.2. The van der Waals surface area contributed by atoms with E-state index in [0.29, 0.717) is 6.04 Å². The van der Waals surface area contributed by atoms with Crippen LogP contribution >= 0.6 is 0 Å². The first-order valence-electron chi connectivity index (χ1n) is 5.80. The van der Waals surface area contributed by atoms with E-state index in [-0.39, 0.29) is 6.03 Å². The zero-order valence-corrected chi connectivity index (χ0v) is 10.5. The minimum Gasteiger partial charge on any atom is -0.338 e. The van der Waals surface area contributed by atoms with E-state index in [4.69, 9.17) is 0 Å². The number of nitrogens with one attached hydrogen (secondary N) is 2. The zero-order chi connectivity index (χ0) is 11.7. The number of likely N-dealkylation sites (N-methyl/N-ethyl adjacent to an activating group) is 1. The highest BCUT2D eigenvalue weighted by molar-refractivity contribution is 5.73. The normalized spacial score (nSPS) is 10.5. The van der Waals surface area contributed by atoms with Gasteiger partial charge in [0.25, 0.3) is 0 Å². The van der Waals surface area contributed by atoms with E-state index in [1.807, 2.05) is 7.05 Å². The number of nitrogens with zero attached hydrogens (tertiary/aromatic N) is 1. The van der Waals surface area contributed by atoms with Crippen LogP contribution in [0.15, 0.2) is 0 Å². The molecule has 0 aromatic carbocycles. The van der Waals surface area contributed by atoms with Gasteiger partial charge in [-0.2, -0.15) is 0 Å². The monoisotopic (exact) mass is 215 g/mol. The molecule has 0 saturated heterocycles. The first-order valence-corrected chi connectivity index (χ1v) is 5.80. The van der Waals surface area contributed by atoms with Crippen molar-refractivity contribution in [3.63, 3.8) is 0 Å². The average molecular weight is 215 g/mol. The Morgan fingerprint density at radius 2 is 2.00 bits per heavy atom. The molecule has 0 radical (unpaired) electrons. The summed E-state index contributed by atoms with van der Waals surface area (Å²) in [7, 11) is 1.82. The van der Waals surface area contributed by atoms with Gasteiger partial charge in [-0.3, -0.25) is 0 Å². The number of hydrogen-bond acceptors (Lipinski definition) is 2. The Morgan fingerprint density at radius 3 is 2.53 bits per heavy atom. The number of carbonyl (C=O) groups excluding carboxylic acids is 1. The third kappa shape index (κ3) is 8.24. The number of hydrogen-bond donors (Lipinski definition) is 2. The number of carbonyl (C=O) groups is 1. The van der Waals surface area contributed by atoms with Gasteiger partial charge in [0.2, 0.25) is 0 Å². The van der Waals surface area contributed by atoms with Crippen molar-refractivity contribution in [2.75, 3.05) is 26.7 Å². The molecule has 0 saturated carbocycles. The molecule has 0 atom stereocenters. The van der Waals surface area contributed by atoms with Gasteiger partial charge < -0.3 is 15.5 Å². The first-order chi connectivity index (χ1) is 7.07. The number of unbranched alkanes of at least 4 members (excludes halogenated alkanes) is 1. The Morgan fingerprint density at radius 1 is 1.33 bits per heavy atom. The number of amides is 2. The molecular formula is C11H25N3O. The van der Waals surface area contributed by atoms with Gasteiger partial charge in [-0.15, -0.1) is 0 Å². The molecule has 4 heteroatoms. The molecule has 2 N–H and O–H groups in total. The fourth-order valence-corrected chi connectivity index (χ4v) is 1.13. The second-order valence-corrected chi connectivity index (χ2v) is 4.12. The predicted octanol–water partition coefficient (Wildman–Crippen LogP) is 1.43. The largest absolute Gasteiger partial charge is 0.338 e. The molecular weight excluding hydrogens is 190 g/mol. The maximum atomic E-state index is 11.5. The highest BCUT2D eigenvalue weighted by Gasteiger charge is 2.06. The van der Waals surface area contributed by atoms with Gasteiger partial charge in [0.1, 0.15) is 0 Å². The lowest BCUT2D eigenvalue weighted by Gasteiger charge is -2.19. The van der Waals surface area contributed by atoms with Crippen LogP contribution < -0.4 is 10.6 Å². The Labute approximate surface area is 93.4 Å².